The Morgan fingerprint density at radius 3 is 1.80 bits per heavy atom. The number of methoxy groups -OCH3 is 2. The van der Waals surface area contributed by atoms with E-state index in [0.717, 1.165) is 12.8 Å². The minimum Gasteiger partial charge on any atom is -0.468 e. The number of ether oxygens (including phenoxy) is 2. The normalized spacial score (nSPS) is 11.3. The smallest absolute Gasteiger partial charge is 0.320 e. The molecule has 4 nitrogen and oxygen atoms in total. The average Bonchev–Trinajstić information content (AvgIpc) is 2.16. The van der Waals surface area contributed by atoms with Crippen LogP contribution in [0.15, 0.2) is 0 Å². The maximum atomic E-state index is 11.5. The van der Waals surface area contributed by atoms with Crippen LogP contribution in [0.5, 0.6) is 0 Å². The molecule has 0 rings (SSSR count). The lowest BCUT2D eigenvalue weighted by atomic mass is 9.75. The molecule has 0 aromatic heterocycles. The van der Waals surface area contributed by atoms with Crippen molar-refractivity contribution in [2.24, 2.45) is 11.3 Å². The molecule has 0 fully saturated rings. The fourth-order valence-electron chi connectivity index (χ4n) is 1.76. The molecule has 0 bridgehead atoms. The van der Waals surface area contributed by atoms with Crippen LogP contribution >= 0.6 is 0 Å². The van der Waals surface area contributed by atoms with Gasteiger partial charge < -0.3 is 9.47 Å². The van der Waals surface area contributed by atoms with E-state index in [1.54, 1.807) is 0 Å². The Morgan fingerprint density at radius 1 is 1.13 bits per heavy atom. The molecule has 0 saturated heterocycles. The van der Waals surface area contributed by atoms with Crippen molar-refractivity contribution < 1.29 is 19.1 Å². The lowest BCUT2D eigenvalue weighted by molar-refractivity contribution is -0.164. The number of carbonyl (C=O) groups is 2. The first-order valence-corrected chi connectivity index (χ1v) is 5.06. The van der Waals surface area contributed by atoms with Crippen LogP contribution in [0.3, 0.4) is 0 Å². The van der Waals surface area contributed by atoms with Crippen LogP contribution in [0, 0.1) is 11.3 Å². The molecule has 0 aliphatic carbocycles. The summed E-state index contributed by atoms with van der Waals surface area (Å²) < 4.78 is 9.26. The second-order valence-electron chi connectivity index (χ2n) is 4.22. The standard InChI is InChI=1S/C11H20O4/c1-6-7-11(2,3)8(9(12)14-4)10(13)15-5/h8H,6-7H2,1-5H3. The monoisotopic (exact) mass is 216 g/mol. The van der Waals surface area contributed by atoms with Gasteiger partial charge in [-0.05, 0) is 11.8 Å². The lowest BCUT2D eigenvalue weighted by Crippen LogP contribution is -2.38. The number of hydrogen-bond acceptors (Lipinski definition) is 4. The molecular formula is C11H20O4. The summed E-state index contributed by atoms with van der Waals surface area (Å²) >= 11 is 0. The molecule has 0 saturated carbocycles. The van der Waals surface area contributed by atoms with Gasteiger partial charge in [0.05, 0.1) is 14.2 Å². The Hall–Kier alpha value is -1.06. The third-order valence-electron chi connectivity index (χ3n) is 2.55. The Morgan fingerprint density at radius 2 is 1.53 bits per heavy atom. The summed E-state index contributed by atoms with van der Waals surface area (Å²) in [5.74, 6) is -1.90. The molecule has 0 radical (unpaired) electrons. The van der Waals surface area contributed by atoms with E-state index in [0.29, 0.717) is 0 Å². The zero-order chi connectivity index (χ0) is 12.1. The van der Waals surface area contributed by atoms with Gasteiger partial charge >= 0.3 is 11.9 Å². The van der Waals surface area contributed by atoms with Crippen molar-refractivity contribution in [3.8, 4) is 0 Å². The van der Waals surface area contributed by atoms with E-state index in [1.165, 1.54) is 14.2 Å². The third-order valence-corrected chi connectivity index (χ3v) is 2.55. The van der Waals surface area contributed by atoms with Gasteiger partial charge in [-0.1, -0.05) is 27.2 Å². The molecule has 88 valence electrons. The molecule has 0 aromatic carbocycles. The van der Waals surface area contributed by atoms with Crippen molar-refractivity contribution >= 4 is 11.9 Å². The Bertz CT molecular complexity index is 217. The number of rotatable bonds is 5. The lowest BCUT2D eigenvalue weighted by Gasteiger charge is -2.29. The Kier molecular flexibility index (Phi) is 5.33. The highest BCUT2D eigenvalue weighted by Gasteiger charge is 2.41. The van der Waals surface area contributed by atoms with Crippen LogP contribution in [0.2, 0.25) is 0 Å². The molecule has 4 heteroatoms. The first-order chi connectivity index (χ1) is 6.90. The number of esters is 2. The van der Waals surface area contributed by atoms with Crippen molar-refractivity contribution in [2.45, 2.75) is 33.6 Å². The summed E-state index contributed by atoms with van der Waals surface area (Å²) in [6, 6.07) is 0. The molecule has 0 atom stereocenters. The van der Waals surface area contributed by atoms with Crippen LogP contribution in [0.25, 0.3) is 0 Å². The van der Waals surface area contributed by atoms with Crippen LogP contribution in [0.4, 0.5) is 0 Å². The summed E-state index contributed by atoms with van der Waals surface area (Å²) in [5.41, 5.74) is -0.436. The van der Waals surface area contributed by atoms with Crippen LogP contribution in [-0.2, 0) is 19.1 Å². The molecule has 0 N–H and O–H groups in total. The average molecular weight is 216 g/mol. The summed E-state index contributed by atoms with van der Waals surface area (Å²) in [4.78, 5) is 23.0. The van der Waals surface area contributed by atoms with Crippen molar-refractivity contribution in [1.29, 1.82) is 0 Å². The summed E-state index contributed by atoms with van der Waals surface area (Å²) in [7, 11) is 2.56. The topological polar surface area (TPSA) is 52.6 Å². The maximum Gasteiger partial charge on any atom is 0.320 e. The van der Waals surface area contributed by atoms with E-state index in [1.807, 2.05) is 20.8 Å². The molecule has 0 heterocycles. The van der Waals surface area contributed by atoms with E-state index in [-0.39, 0.29) is 0 Å². The number of carbonyl (C=O) groups excluding carboxylic acids is 2. The van der Waals surface area contributed by atoms with Gasteiger partial charge in [0, 0.05) is 0 Å². The SMILES string of the molecule is CCCC(C)(C)C(C(=O)OC)C(=O)OC. The zero-order valence-corrected chi connectivity index (χ0v) is 10.1. The van der Waals surface area contributed by atoms with E-state index >= 15 is 0 Å². The van der Waals surface area contributed by atoms with Gasteiger partial charge in [0.1, 0.15) is 0 Å². The molecule has 0 amide bonds. The van der Waals surface area contributed by atoms with Crippen LogP contribution in [0.1, 0.15) is 33.6 Å². The molecule has 0 aromatic rings. The molecule has 15 heavy (non-hydrogen) atoms. The van der Waals surface area contributed by atoms with Gasteiger partial charge in [0.25, 0.3) is 0 Å². The van der Waals surface area contributed by atoms with Crippen molar-refractivity contribution in [3.05, 3.63) is 0 Å². The highest BCUT2D eigenvalue weighted by Crippen LogP contribution is 2.33. The van der Waals surface area contributed by atoms with Gasteiger partial charge in [-0.15, -0.1) is 0 Å². The largest absolute Gasteiger partial charge is 0.468 e. The molecule has 0 aliphatic heterocycles. The van der Waals surface area contributed by atoms with Crippen molar-refractivity contribution in [2.75, 3.05) is 14.2 Å². The molecule has 0 unspecified atom stereocenters. The number of hydrogen-bond donors (Lipinski definition) is 0. The molecule has 0 aliphatic rings. The van der Waals surface area contributed by atoms with E-state index in [4.69, 9.17) is 0 Å². The first-order valence-electron chi connectivity index (χ1n) is 5.06. The predicted molar refractivity (Wildman–Crippen MR) is 56.2 cm³/mol. The van der Waals surface area contributed by atoms with E-state index in [2.05, 4.69) is 9.47 Å². The fraction of sp³-hybridized carbons (Fsp3) is 0.818. The summed E-state index contributed by atoms with van der Waals surface area (Å²) in [6.07, 6.45) is 1.67. The highest BCUT2D eigenvalue weighted by atomic mass is 16.5. The Balaban J connectivity index is 4.92. The van der Waals surface area contributed by atoms with Gasteiger partial charge in [-0.3, -0.25) is 9.59 Å². The minimum absolute atomic E-state index is 0.436. The third kappa shape index (κ3) is 3.53. The van der Waals surface area contributed by atoms with Crippen molar-refractivity contribution in [3.63, 3.8) is 0 Å². The maximum absolute atomic E-state index is 11.5. The zero-order valence-electron chi connectivity index (χ0n) is 10.1. The Labute approximate surface area is 90.9 Å². The van der Waals surface area contributed by atoms with Crippen LogP contribution in [-0.4, -0.2) is 26.2 Å². The van der Waals surface area contributed by atoms with Crippen LogP contribution < -0.4 is 0 Å². The highest BCUT2D eigenvalue weighted by molar-refractivity contribution is 5.95. The molecular weight excluding hydrogens is 196 g/mol. The van der Waals surface area contributed by atoms with Gasteiger partial charge in [0.15, 0.2) is 5.92 Å². The van der Waals surface area contributed by atoms with E-state index < -0.39 is 23.3 Å². The summed E-state index contributed by atoms with van der Waals surface area (Å²) in [5, 5.41) is 0. The minimum atomic E-state index is -0.840. The van der Waals surface area contributed by atoms with Crippen molar-refractivity contribution in [1.82, 2.24) is 0 Å². The molecule has 0 spiro atoms. The second-order valence-corrected chi connectivity index (χ2v) is 4.22. The fourth-order valence-corrected chi connectivity index (χ4v) is 1.76. The quantitative estimate of drug-likeness (QED) is 0.519. The predicted octanol–water partition coefficient (Wildman–Crippen LogP) is 1.77. The van der Waals surface area contributed by atoms with E-state index in [9.17, 15) is 9.59 Å². The van der Waals surface area contributed by atoms with Gasteiger partial charge in [-0.2, -0.15) is 0 Å². The van der Waals surface area contributed by atoms with Gasteiger partial charge in [-0.25, -0.2) is 0 Å². The second kappa shape index (κ2) is 5.73. The van der Waals surface area contributed by atoms with Gasteiger partial charge in [0.2, 0.25) is 0 Å². The first kappa shape index (κ1) is 13.9. The summed E-state index contributed by atoms with van der Waals surface area (Å²) in [6.45, 7) is 5.75.